The first kappa shape index (κ1) is 13.4. The van der Waals surface area contributed by atoms with Gasteiger partial charge in [-0.25, -0.2) is 4.98 Å². The lowest BCUT2D eigenvalue weighted by Crippen LogP contribution is -2.24. The lowest BCUT2D eigenvalue weighted by Gasteiger charge is -2.03. The number of nitrogens with one attached hydrogen (secondary N) is 1. The third-order valence-corrected chi connectivity index (χ3v) is 4.56. The molecule has 2 aromatic rings. The number of nitrogens with zero attached hydrogens (tertiary/aromatic N) is 1. The maximum atomic E-state index is 11.9. The predicted octanol–water partition coefficient (Wildman–Crippen LogP) is 3.25. The second-order valence-electron chi connectivity index (χ2n) is 5.18. The zero-order valence-corrected chi connectivity index (χ0v) is 12.1. The summed E-state index contributed by atoms with van der Waals surface area (Å²) in [7, 11) is 0. The van der Waals surface area contributed by atoms with Gasteiger partial charge in [0.1, 0.15) is 10.8 Å². The van der Waals surface area contributed by atoms with Crippen LogP contribution in [0.4, 0.5) is 0 Å². The molecule has 2 aromatic heterocycles. The van der Waals surface area contributed by atoms with E-state index in [1.807, 2.05) is 12.1 Å². The number of rotatable bonds is 5. The molecule has 0 aliphatic heterocycles. The second kappa shape index (κ2) is 6.22. The van der Waals surface area contributed by atoms with Gasteiger partial charge in [-0.2, -0.15) is 0 Å². The van der Waals surface area contributed by atoms with Crippen LogP contribution in [0.5, 0.6) is 0 Å². The number of amides is 1. The minimum atomic E-state index is -0.00581. The monoisotopic (exact) mass is 290 g/mol. The average Bonchev–Trinajstić information content (AvgIpc) is 3.18. The SMILES string of the molecule is O=C(Cc1nc(C2CCCC2)cs1)NCc1ccco1. The Balaban J connectivity index is 1.50. The number of aromatic nitrogens is 1. The molecular weight excluding hydrogens is 272 g/mol. The Kier molecular flexibility index (Phi) is 4.16. The first-order chi connectivity index (χ1) is 9.81. The molecule has 4 nitrogen and oxygen atoms in total. The Morgan fingerprint density at radius 1 is 1.45 bits per heavy atom. The molecule has 0 spiro atoms. The molecule has 0 radical (unpaired) electrons. The number of hydrogen-bond acceptors (Lipinski definition) is 4. The van der Waals surface area contributed by atoms with E-state index in [4.69, 9.17) is 4.42 Å². The van der Waals surface area contributed by atoms with Crippen LogP contribution in [0.3, 0.4) is 0 Å². The third-order valence-electron chi connectivity index (χ3n) is 3.69. The summed E-state index contributed by atoms with van der Waals surface area (Å²) in [5.41, 5.74) is 1.18. The largest absolute Gasteiger partial charge is 0.467 e. The van der Waals surface area contributed by atoms with Crippen LogP contribution in [0, 0.1) is 0 Å². The average molecular weight is 290 g/mol. The summed E-state index contributed by atoms with van der Waals surface area (Å²) in [5.74, 6) is 1.38. The van der Waals surface area contributed by atoms with Crippen molar-refractivity contribution in [2.75, 3.05) is 0 Å². The molecule has 0 saturated heterocycles. The quantitative estimate of drug-likeness (QED) is 0.919. The first-order valence-corrected chi connectivity index (χ1v) is 7.92. The number of carbonyl (C=O) groups is 1. The van der Waals surface area contributed by atoms with Crippen LogP contribution < -0.4 is 5.32 Å². The predicted molar refractivity (Wildman–Crippen MR) is 77.6 cm³/mol. The molecule has 0 atom stereocenters. The molecule has 2 heterocycles. The summed E-state index contributed by atoms with van der Waals surface area (Å²) in [6, 6.07) is 3.66. The van der Waals surface area contributed by atoms with Crippen molar-refractivity contribution in [2.24, 2.45) is 0 Å². The van der Waals surface area contributed by atoms with Gasteiger partial charge in [-0.05, 0) is 25.0 Å². The van der Waals surface area contributed by atoms with Crippen molar-refractivity contribution in [3.63, 3.8) is 0 Å². The number of thiazole rings is 1. The zero-order chi connectivity index (χ0) is 13.8. The molecule has 0 unspecified atom stereocenters. The highest BCUT2D eigenvalue weighted by atomic mass is 32.1. The Morgan fingerprint density at radius 3 is 3.05 bits per heavy atom. The van der Waals surface area contributed by atoms with E-state index in [0.717, 1.165) is 10.8 Å². The van der Waals surface area contributed by atoms with Gasteiger partial charge in [-0.3, -0.25) is 4.79 Å². The molecule has 3 rings (SSSR count). The summed E-state index contributed by atoms with van der Waals surface area (Å²) >= 11 is 1.59. The molecule has 1 N–H and O–H groups in total. The van der Waals surface area contributed by atoms with Crippen LogP contribution in [0.15, 0.2) is 28.2 Å². The molecule has 0 aromatic carbocycles. The van der Waals surface area contributed by atoms with Gasteiger partial charge in [0, 0.05) is 11.3 Å². The molecule has 1 aliphatic carbocycles. The Bertz CT molecular complexity index is 556. The van der Waals surface area contributed by atoms with E-state index in [2.05, 4.69) is 15.7 Å². The van der Waals surface area contributed by atoms with Gasteiger partial charge in [0.2, 0.25) is 5.91 Å². The van der Waals surface area contributed by atoms with Gasteiger partial charge >= 0.3 is 0 Å². The van der Waals surface area contributed by atoms with E-state index >= 15 is 0 Å². The fraction of sp³-hybridized carbons (Fsp3) is 0.467. The zero-order valence-electron chi connectivity index (χ0n) is 11.3. The maximum absolute atomic E-state index is 11.9. The lowest BCUT2D eigenvalue weighted by molar-refractivity contribution is -0.120. The van der Waals surface area contributed by atoms with Crippen molar-refractivity contribution >= 4 is 17.2 Å². The van der Waals surface area contributed by atoms with Crippen molar-refractivity contribution < 1.29 is 9.21 Å². The van der Waals surface area contributed by atoms with Crippen molar-refractivity contribution in [3.05, 3.63) is 40.2 Å². The van der Waals surface area contributed by atoms with E-state index in [-0.39, 0.29) is 5.91 Å². The molecule has 1 saturated carbocycles. The number of carbonyl (C=O) groups excluding carboxylic acids is 1. The Morgan fingerprint density at radius 2 is 2.30 bits per heavy atom. The van der Waals surface area contributed by atoms with Gasteiger partial charge in [0.05, 0.1) is 24.9 Å². The van der Waals surface area contributed by atoms with Gasteiger partial charge in [0.15, 0.2) is 0 Å². The third kappa shape index (κ3) is 3.28. The van der Waals surface area contributed by atoms with Gasteiger partial charge in [-0.1, -0.05) is 12.8 Å². The summed E-state index contributed by atoms with van der Waals surface area (Å²) in [4.78, 5) is 16.5. The fourth-order valence-electron chi connectivity index (χ4n) is 2.61. The fourth-order valence-corrected chi connectivity index (χ4v) is 3.49. The lowest BCUT2D eigenvalue weighted by atomic mass is 10.1. The molecule has 1 amide bonds. The van der Waals surface area contributed by atoms with Gasteiger partial charge in [-0.15, -0.1) is 11.3 Å². The highest BCUT2D eigenvalue weighted by Crippen LogP contribution is 2.34. The van der Waals surface area contributed by atoms with Crippen LogP contribution in [-0.4, -0.2) is 10.9 Å². The van der Waals surface area contributed by atoms with E-state index < -0.39 is 0 Å². The number of furan rings is 1. The molecule has 20 heavy (non-hydrogen) atoms. The van der Waals surface area contributed by atoms with E-state index in [0.29, 0.717) is 18.9 Å². The molecule has 0 bridgehead atoms. The van der Waals surface area contributed by atoms with E-state index in [9.17, 15) is 4.79 Å². The minimum Gasteiger partial charge on any atom is -0.467 e. The van der Waals surface area contributed by atoms with Crippen LogP contribution >= 0.6 is 11.3 Å². The standard InChI is InChI=1S/C15H18N2O2S/c18-14(16-9-12-6-3-7-19-12)8-15-17-13(10-20-15)11-4-1-2-5-11/h3,6-7,10-11H,1-2,4-5,8-9H2,(H,16,18). The van der Waals surface area contributed by atoms with Gasteiger partial charge < -0.3 is 9.73 Å². The first-order valence-electron chi connectivity index (χ1n) is 7.04. The van der Waals surface area contributed by atoms with Crippen molar-refractivity contribution in [1.29, 1.82) is 0 Å². The minimum absolute atomic E-state index is 0.00581. The van der Waals surface area contributed by atoms with E-state index in [1.165, 1.54) is 31.4 Å². The maximum Gasteiger partial charge on any atom is 0.227 e. The molecular formula is C15H18N2O2S. The summed E-state index contributed by atoms with van der Waals surface area (Å²) < 4.78 is 5.18. The van der Waals surface area contributed by atoms with Gasteiger partial charge in [0.25, 0.3) is 0 Å². The Labute approximate surface area is 122 Å². The highest BCUT2D eigenvalue weighted by molar-refractivity contribution is 7.09. The van der Waals surface area contributed by atoms with Crippen LogP contribution in [-0.2, 0) is 17.8 Å². The van der Waals surface area contributed by atoms with Crippen LogP contribution in [0.2, 0.25) is 0 Å². The second-order valence-corrected chi connectivity index (χ2v) is 6.12. The molecule has 5 heteroatoms. The summed E-state index contributed by atoms with van der Waals surface area (Å²) in [5, 5.41) is 5.87. The van der Waals surface area contributed by atoms with Crippen molar-refractivity contribution in [1.82, 2.24) is 10.3 Å². The summed E-state index contributed by atoms with van der Waals surface area (Å²) in [6.07, 6.45) is 7.07. The number of hydrogen-bond donors (Lipinski definition) is 1. The topological polar surface area (TPSA) is 55.1 Å². The van der Waals surface area contributed by atoms with E-state index in [1.54, 1.807) is 17.6 Å². The molecule has 1 fully saturated rings. The molecule has 106 valence electrons. The summed E-state index contributed by atoms with van der Waals surface area (Å²) in [6.45, 7) is 0.437. The van der Waals surface area contributed by atoms with Crippen molar-refractivity contribution in [2.45, 2.75) is 44.6 Å². The van der Waals surface area contributed by atoms with Crippen LogP contribution in [0.1, 0.15) is 48.1 Å². The van der Waals surface area contributed by atoms with Crippen LogP contribution in [0.25, 0.3) is 0 Å². The molecule has 1 aliphatic rings. The smallest absolute Gasteiger partial charge is 0.227 e. The Hall–Kier alpha value is -1.62. The highest BCUT2D eigenvalue weighted by Gasteiger charge is 2.20. The normalized spacial score (nSPS) is 15.6. The van der Waals surface area contributed by atoms with Crippen molar-refractivity contribution in [3.8, 4) is 0 Å².